The lowest BCUT2D eigenvalue weighted by Gasteiger charge is -2.50. The van der Waals surface area contributed by atoms with Crippen LogP contribution in [0.3, 0.4) is 0 Å². The van der Waals surface area contributed by atoms with Crippen LogP contribution in [0.4, 0.5) is 10.2 Å². The van der Waals surface area contributed by atoms with Crippen LogP contribution in [-0.4, -0.2) is 101 Å². The van der Waals surface area contributed by atoms with Crippen molar-refractivity contribution in [3.8, 4) is 42.0 Å². The van der Waals surface area contributed by atoms with E-state index < -0.39 is 15.8 Å². The Kier molecular flexibility index (Phi) is 8.59. The number of morpholine rings is 1. The first kappa shape index (κ1) is 33.9. The number of nitrogens with one attached hydrogen (secondary N) is 1. The molecule has 9 rings (SSSR count). The van der Waals surface area contributed by atoms with Crippen molar-refractivity contribution in [2.75, 3.05) is 68.2 Å². The number of piperazine rings is 1. The Morgan fingerprint density at radius 1 is 1.13 bits per heavy atom. The summed E-state index contributed by atoms with van der Waals surface area (Å²) in [5.41, 5.74) is 3.97. The number of nitrogens with zero attached hydrogens (tertiary/aromatic N) is 5. The van der Waals surface area contributed by atoms with E-state index in [1.165, 1.54) is 12.5 Å². The highest BCUT2D eigenvalue weighted by atomic mass is 32.3. The summed E-state index contributed by atoms with van der Waals surface area (Å²) in [7, 11) is -1.28. The van der Waals surface area contributed by atoms with E-state index in [9.17, 15) is 0 Å². The highest BCUT2D eigenvalue weighted by Crippen LogP contribution is 2.67. The number of aryl methyl sites for hydroxylation is 1. The molecule has 4 aliphatic heterocycles. The molecule has 10 heteroatoms. The van der Waals surface area contributed by atoms with Gasteiger partial charge in [0.1, 0.15) is 11.6 Å². The number of ether oxygens (including phenoxy) is 2. The molecule has 5 aliphatic rings. The molecule has 3 atom stereocenters. The van der Waals surface area contributed by atoms with Gasteiger partial charge in [-0.3, -0.25) is 4.90 Å². The van der Waals surface area contributed by atoms with Crippen molar-refractivity contribution in [1.29, 1.82) is 0 Å². The molecule has 0 unspecified atom stereocenters. The predicted octanol–water partition coefficient (Wildman–Crippen LogP) is 6.16. The average Bonchev–Trinajstić information content (AvgIpc) is 3.93. The van der Waals surface area contributed by atoms with Crippen LogP contribution >= 0.6 is 10.0 Å². The number of aromatic nitrogens is 3. The fourth-order valence-corrected chi connectivity index (χ4v) is 12.8. The van der Waals surface area contributed by atoms with Gasteiger partial charge in [-0.15, -0.1) is 18.8 Å². The lowest BCUT2D eigenvalue weighted by atomic mass is 9.93. The topological polar surface area (TPSA) is 75.6 Å². The molecule has 8 nitrogen and oxygen atoms in total. The van der Waals surface area contributed by atoms with Crippen LogP contribution in [0, 0.1) is 35.9 Å². The van der Waals surface area contributed by atoms with E-state index in [0.717, 1.165) is 119 Å². The van der Waals surface area contributed by atoms with Crippen LogP contribution in [0.2, 0.25) is 0 Å². The van der Waals surface area contributed by atoms with Crippen LogP contribution in [0.1, 0.15) is 50.7 Å². The fourth-order valence-electron chi connectivity index (χ4n) is 9.04. The van der Waals surface area contributed by atoms with Crippen molar-refractivity contribution >= 4 is 37.5 Å². The van der Waals surface area contributed by atoms with E-state index >= 15 is 4.39 Å². The van der Waals surface area contributed by atoms with Crippen LogP contribution in [0.25, 0.3) is 32.9 Å². The number of hydrogen-bond acceptors (Lipinski definition) is 8. The Morgan fingerprint density at radius 2 is 2.00 bits per heavy atom. The van der Waals surface area contributed by atoms with Gasteiger partial charge in [0.05, 0.1) is 53.0 Å². The highest BCUT2D eigenvalue weighted by molar-refractivity contribution is 8.34. The summed E-state index contributed by atoms with van der Waals surface area (Å²) < 4.78 is 27.8. The second kappa shape index (κ2) is 13.2. The molecule has 3 saturated heterocycles. The second-order valence-electron chi connectivity index (χ2n) is 15.6. The van der Waals surface area contributed by atoms with E-state index in [4.69, 9.17) is 37.3 Å². The van der Waals surface area contributed by atoms with Gasteiger partial charge in [-0.25, -0.2) is 9.37 Å². The molecule has 1 saturated carbocycles. The smallest absolute Gasteiger partial charge is 0.318 e. The third kappa shape index (κ3) is 5.62. The van der Waals surface area contributed by atoms with Crippen molar-refractivity contribution in [3.05, 3.63) is 47.3 Å². The zero-order chi connectivity index (χ0) is 35.6. The van der Waals surface area contributed by atoms with Gasteiger partial charge in [-0.05, 0) is 55.6 Å². The van der Waals surface area contributed by atoms with E-state index in [1.54, 1.807) is 0 Å². The molecule has 4 fully saturated rings. The molecule has 0 amide bonds. The summed E-state index contributed by atoms with van der Waals surface area (Å²) >= 11 is 0. The number of terminal acetylenes is 2. The Bertz CT molecular complexity index is 2150. The largest absolute Gasteiger partial charge is 0.463 e. The predicted molar refractivity (Wildman–Crippen MR) is 208 cm³/mol. The summed E-state index contributed by atoms with van der Waals surface area (Å²) in [4.78, 5) is 21.4. The first-order valence-corrected chi connectivity index (χ1v) is 21.1. The maximum atomic E-state index is 15.3. The molecule has 1 N–H and O–H groups in total. The third-order valence-electron chi connectivity index (χ3n) is 12.3. The van der Waals surface area contributed by atoms with Gasteiger partial charge < -0.3 is 19.7 Å². The molecule has 4 aromatic rings. The molecule has 1 aliphatic carbocycles. The van der Waals surface area contributed by atoms with Crippen LogP contribution in [0.15, 0.2) is 35.4 Å². The number of fused-ring (bicyclic) bond motifs is 4. The quantitative estimate of drug-likeness (QED) is 0.218. The van der Waals surface area contributed by atoms with Gasteiger partial charge in [-0.2, -0.15) is 20.0 Å². The minimum Gasteiger partial charge on any atom is -0.463 e. The van der Waals surface area contributed by atoms with Crippen LogP contribution in [0.5, 0.6) is 6.01 Å². The zero-order valence-electron chi connectivity index (χ0n) is 30.2. The molecular formula is C42H47FN6O2S. The molecule has 0 bridgehead atoms. The average molecular weight is 719 g/mol. The molecule has 270 valence electrons. The summed E-state index contributed by atoms with van der Waals surface area (Å²) in [6.45, 7) is 10.1. The minimum atomic E-state index is -1.28. The lowest BCUT2D eigenvalue weighted by molar-refractivity contribution is -0.0134. The van der Waals surface area contributed by atoms with Gasteiger partial charge in [0.25, 0.3) is 0 Å². The first-order chi connectivity index (χ1) is 25.4. The zero-order valence-corrected chi connectivity index (χ0v) is 31.0. The van der Waals surface area contributed by atoms with E-state index in [1.807, 2.05) is 24.3 Å². The van der Waals surface area contributed by atoms with E-state index in [2.05, 4.69) is 40.8 Å². The number of pyridine rings is 1. The van der Waals surface area contributed by atoms with Gasteiger partial charge in [0.15, 0.2) is 0 Å². The van der Waals surface area contributed by atoms with Crippen LogP contribution in [-0.2, 0) is 11.2 Å². The Balaban J connectivity index is 1.24. The molecule has 6 heterocycles. The van der Waals surface area contributed by atoms with E-state index in [-0.39, 0.29) is 23.1 Å². The summed E-state index contributed by atoms with van der Waals surface area (Å²) in [6.07, 6.45) is 16.6. The third-order valence-corrected chi connectivity index (χ3v) is 16.5. The highest BCUT2D eigenvalue weighted by Gasteiger charge is 2.48. The maximum Gasteiger partial charge on any atom is 0.318 e. The summed E-state index contributed by atoms with van der Waals surface area (Å²) in [5, 5.41) is 7.59. The molecule has 2 aromatic heterocycles. The van der Waals surface area contributed by atoms with Crippen LogP contribution < -0.4 is 15.0 Å². The van der Waals surface area contributed by atoms with Crippen molar-refractivity contribution in [3.63, 3.8) is 0 Å². The number of anilines is 1. The monoisotopic (exact) mass is 718 g/mol. The van der Waals surface area contributed by atoms with E-state index in [0.29, 0.717) is 31.5 Å². The SMILES string of the molecule is C#CC[C@@H]1CN2c3nc(OCC4(CN5CCOC[C@H]5C)CC4)nc4c(CC)c(-c5cccc6ccc(F)c(C#C)c56)nc(c34)S3(CCC3)C[C@@H]2CN1. The van der Waals surface area contributed by atoms with Gasteiger partial charge in [-0.1, -0.05) is 37.1 Å². The lowest BCUT2D eigenvalue weighted by Crippen LogP contribution is -2.58. The summed E-state index contributed by atoms with van der Waals surface area (Å²) in [6, 6.07) is 10.6. The van der Waals surface area contributed by atoms with Gasteiger partial charge >= 0.3 is 6.01 Å². The fraction of sp³-hybridized carbons (Fsp3) is 0.500. The van der Waals surface area contributed by atoms with Crippen molar-refractivity contribution in [2.45, 2.75) is 69.1 Å². The molecule has 1 spiro atoms. The molecule has 0 radical (unpaired) electrons. The van der Waals surface area contributed by atoms with Gasteiger partial charge in [0.2, 0.25) is 0 Å². The van der Waals surface area contributed by atoms with Crippen molar-refractivity contribution in [2.24, 2.45) is 5.41 Å². The Labute approximate surface area is 307 Å². The normalized spacial score (nSPS) is 25.1. The molecule has 2 aromatic carbocycles. The standard InChI is InChI=1S/C42H47FN6O2S/c1-5-10-29-22-49-30(21-44-29)24-52(19-9-20-52)40-36-38(32(7-3)37(45-40)33-12-8-11-28-13-14-34(43)31(6-2)35(28)33)46-41(47-39(36)49)51-26-42(15-16-42)25-48-17-18-50-23-27(48)4/h1-2,8,11-14,27,29-30,44H,7,9-10,15-26H2,3-4H3/t27-,29-,30+/m1/s1. The molecular weight excluding hydrogens is 672 g/mol. The number of benzene rings is 2. The first-order valence-electron chi connectivity index (χ1n) is 18.9. The minimum absolute atomic E-state index is 0.0917. The number of hydrogen-bond donors (Lipinski definition) is 1. The van der Waals surface area contributed by atoms with Crippen molar-refractivity contribution in [1.82, 2.24) is 25.2 Å². The number of rotatable bonds is 8. The van der Waals surface area contributed by atoms with Gasteiger partial charge in [0, 0.05) is 72.4 Å². The summed E-state index contributed by atoms with van der Waals surface area (Å²) in [5.74, 6) is 9.40. The van der Waals surface area contributed by atoms with Crippen molar-refractivity contribution < 1.29 is 13.9 Å². The Morgan fingerprint density at radius 3 is 2.73 bits per heavy atom. The Hall–Kier alpha value is -3.93. The second-order valence-corrected chi connectivity index (χ2v) is 19.2. The maximum absolute atomic E-state index is 15.3. The molecule has 52 heavy (non-hydrogen) atoms. The number of halogens is 1.